The van der Waals surface area contributed by atoms with Crippen molar-refractivity contribution in [2.45, 2.75) is 52.2 Å². The molecule has 0 bridgehead atoms. The number of nitrogens with zero attached hydrogens (tertiary/aromatic N) is 3. The second kappa shape index (κ2) is 11.4. The van der Waals surface area contributed by atoms with Gasteiger partial charge in [0.25, 0.3) is 0 Å². The summed E-state index contributed by atoms with van der Waals surface area (Å²) in [5.74, 6) is 0. The molecule has 0 spiro atoms. The van der Waals surface area contributed by atoms with Crippen LogP contribution in [0.25, 0.3) is 0 Å². The maximum Gasteiger partial charge on any atom is 0.0656 e. The summed E-state index contributed by atoms with van der Waals surface area (Å²) >= 11 is 12.6. The Morgan fingerprint density at radius 1 is 1.06 bits per heavy atom. The molecule has 0 saturated carbocycles. The molecule has 31 heavy (non-hydrogen) atoms. The van der Waals surface area contributed by atoms with E-state index in [1.807, 2.05) is 38.1 Å². The minimum atomic E-state index is 0.500. The molecule has 2 fully saturated rings. The highest BCUT2D eigenvalue weighted by molar-refractivity contribution is 6.32. The minimum absolute atomic E-state index is 0.500. The van der Waals surface area contributed by atoms with Gasteiger partial charge < -0.3 is 10.6 Å². The smallest absolute Gasteiger partial charge is 0.0656 e. The lowest BCUT2D eigenvalue weighted by Crippen LogP contribution is -2.57. The van der Waals surface area contributed by atoms with E-state index in [1.54, 1.807) is 0 Å². The van der Waals surface area contributed by atoms with Crippen molar-refractivity contribution in [3.63, 3.8) is 0 Å². The normalized spacial score (nSPS) is 23.5. The van der Waals surface area contributed by atoms with Gasteiger partial charge in [0, 0.05) is 49.0 Å². The van der Waals surface area contributed by atoms with E-state index in [0.717, 1.165) is 50.0 Å². The third-order valence-electron chi connectivity index (χ3n) is 6.51. The fraction of sp³-hybridized carbons (Fsp3) is 0.520. The van der Waals surface area contributed by atoms with Gasteiger partial charge in [-0.15, -0.1) is 0 Å². The first kappa shape index (κ1) is 24.2. The van der Waals surface area contributed by atoms with Gasteiger partial charge in [0.1, 0.15) is 0 Å². The summed E-state index contributed by atoms with van der Waals surface area (Å²) in [5, 5.41) is 1.52. The molecule has 2 N–H and O–H groups in total. The molecule has 0 amide bonds. The van der Waals surface area contributed by atoms with Crippen molar-refractivity contribution >= 4 is 23.2 Å². The quantitative estimate of drug-likeness (QED) is 0.589. The fourth-order valence-corrected chi connectivity index (χ4v) is 5.25. The number of piperazine rings is 1. The topological polar surface area (TPSA) is 35.7 Å². The molecule has 170 valence electrons. The van der Waals surface area contributed by atoms with Crippen LogP contribution in [0.3, 0.4) is 0 Å². The number of rotatable bonds is 6. The van der Waals surface area contributed by atoms with Crippen LogP contribution in [-0.4, -0.2) is 59.5 Å². The Balaban J connectivity index is 1.52. The van der Waals surface area contributed by atoms with Crippen LogP contribution < -0.4 is 5.73 Å². The highest BCUT2D eigenvalue weighted by Gasteiger charge is 2.32. The van der Waals surface area contributed by atoms with Gasteiger partial charge in [-0.05, 0) is 70.5 Å². The molecular formula is C25H36Cl2N4. The highest BCUT2D eigenvalue weighted by Crippen LogP contribution is 2.27. The minimum Gasteiger partial charge on any atom is -0.399 e. The third kappa shape index (κ3) is 6.52. The van der Waals surface area contributed by atoms with Gasteiger partial charge in [0.15, 0.2) is 0 Å². The molecule has 1 aromatic carbocycles. The molecule has 1 unspecified atom stereocenters. The van der Waals surface area contributed by atoms with E-state index in [-0.39, 0.29) is 0 Å². The maximum atomic E-state index is 6.58. The first-order valence-electron chi connectivity index (χ1n) is 11.3. The Labute approximate surface area is 198 Å². The van der Waals surface area contributed by atoms with Crippen molar-refractivity contribution < 1.29 is 0 Å². The van der Waals surface area contributed by atoms with Crippen LogP contribution in [0.4, 0.5) is 0 Å². The second-order valence-electron chi connectivity index (χ2n) is 8.62. The predicted octanol–water partition coefficient (Wildman–Crippen LogP) is 5.20. The lowest BCUT2D eigenvalue weighted by molar-refractivity contribution is 0.0321. The molecule has 2 aliphatic rings. The van der Waals surface area contributed by atoms with Gasteiger partial charge in [-0.1, -0.05) is 47.5 Å². The molecule has 2 aliphatic heterocycles. The van der Waals surface area contributed by atoms with Crippen molar-refractivity contribution in [3.05, 3.63) is 69.5 Å². The molecule has 0 aliphatic carbocycles. The summed E-state index contributed by atoms with van der Waals surface area (Å²) in [6, 6.07) is 9.41. The summed E-state index contributed by atoms with van der Waals surface area (Å²) in [6.07, 6.45) is 8.28. The van der Waals surface area contributed by atoms with Crippen molar-refractivity contribution in [3.8, 4) is 0 Å². The van der Waals surface area contributed by atoms with Crippen LogP contribution in [0.1, 0.15) is 39.2 Å². The van der Waals surface area contributed by atoms with E-state index in [2.05, 4.69) is 39.8 Å². The number of nitrogens with two attached hydrogens (primary N) is 1. The number of likely N-dealkylation sites (tertiary alicyclic amines) is 1. The summed E-state index contributed by atoms with van der Waals surface area (Å²) < 4.78 is 0. The number of halogens is 2. The van der Waals surface area contributed by atoms with Crippen molar-refractivity contribution in [1.29, 1.82) is 0 Å². The summed E-state index contributed by atoms with van der Waals surface area (Å²) in [5.41, 5.74) is 9.06. The average Bonchev–Trinajstić information content (AvgIpc) is 2.76. The number of piperidine rings is 1. The zero-order chi connectivity index (χ0) is 22.4. The molecule has 4 nitrogen and oxygen atoms in total. The monoisotopic (exact) mass is 462 g/mol. The first-order chi connectivity index (χ1) is 14.9. The van der Waals surface area contributed by atoms with Crippen molar-refractivity contribution in [2.75, 3.05) is 32.7 Å². The van der Waals surface area contributed by atoms with Crippen LogP contribution >= 0.6 is 23.2 Å². The number of hydrogen-bond acceptors (Lipinski definition) is 4. The van der Waals surface area contributed by atoms with Crippen LogP contribution in [0.5, 0.6) is 0 Å². The Morgan fingerprint density at radius 3 is 2.32 bits per heavy atom. The van der Waals surface area contributed by atoms with Crippen molar-refractivity contribution in [1.82, 2.24) is 14.7 Å². The molecule has 0 aromatic heterocycles. The van der Waals surface area contributed by atoms with Gasteiger partial charge in [-0.3, -0.25) is 9.80 Å². The summed E-state index contributed by atoms with van der Waals surface area (Å²) in [4.78, 5) is 7.68. The number of benzene rings is 1. The lowest BCUT2D eigenvalue weighted by Gasteiger charge is -2.47. The standard InChI is InChI=1S/C25H36Cl2N4/c1-4-22(28)16-24(27)25(5-2)30-14-15-31(19(3)17-30)23-10-12-29(13-11-23)18-20-6-8-21(26)9-7-20/h4-9,16,19,23H,10-15,17-18,28H2,1-3H3/b22-4+,24-16+,25-5-. The van der Waals surface area contributed by atoms with Gasteiger partial charge >= 0.3 is 0 Å². The number of hydrogen-bond donors (Lipinski definition) is 1. The van der Waals surface area contributed by atoms with E-state index in [0.29, 0.717) is 22.8 Å². The van der Waals surface area contributed by atoms with E-state index in [9.17, 15) is 0 Å². The SMILES string of the molecule is C/C=C(/C(Cl)=C\C(N)=C/C)N1CCN(C2CCN(Cc3ccc(Cl)cc3)CC2)C(C)C1. The molecule has 0 radical (unpaired) electrons. The second-order valence-corrected chi connectivity index (χ2v) is 9.47. The largest absolute Gasteiger partial charge is 0.399 e. The van der Waals surface area contributed by atoms with E-state index < -0.39 is 0 Å². The van der Waals surface area contributed by atoms with Crippen LogP contribution in [-0.2, 0) is 6.54 Å². The summed E-state index contributed by atoms with van der Waals surface area (Å²) in [7, 11) is 0. The Kier molecular flexibility index (Phi) is 8.91. The van der Waals surface area contributed by atoms with Gasteiger partial charge in [-0.2, -0.15) is 0 Å². The predicted molar refractivity (Wildman–Crippen MR) is 133 cm³/mol. The molecule has 1 atom stereocenters. The van der Waals surface area contributed by atoms with E-state index >= 15 is 0 Å². The van der Waals surface area contributed by atoms with Crippen LogP contribution in [0.15, 0.2) is 58.9 Å². The van der Waals surface area contributed by atoms with Gasteiger partial charge in [-0.25, -0.2) is 0 Å². The molecule has 6 heteroatoms. The molecule has 2 saturated heterocycles. The van der Waals surface area contributed by atoms with Crippen LogP contribution in [0.2, 0.25) is 5.02 Å². The molecule has 1 aromatic rings. The number of allylic oxidation sites excluding steroid dienone is 4. The first-order valence-corrected chi connectivity index (χ1v) is 12.1. The van der Waals surface area contributed by atoms with E-state index in [4.69, 9.17) is 28.9 Å². The Hall–Kier alpha value is -1.46. The Bertz CT molecular complexity index is 807. The zero-order valence-electron chi connectivity index (χ0n) is 19.0. The van der Waals surface area contributed by atoms with Crippen LogP contribution in [0, 0.1) is 0 Å². The highest BCUT2D eigenvalue weighted by atomic mass is 35.5. The van der Waals surface area contributed by atoms with Gasteiger partial charge in [0.2, 0.25) is 0 Å². The van der Waals surface area contributed by atoms with Gasteiger partial charge in [0.05, 0.1) is 10.7 Å². The molecule has 2 heterocycles. The maximum absolute atomic E-state index is 6.58. The Morgan fingerprint density at radius 2 is 1.74 bits per heavy atom. The van der Waals surface area contributed by atoms with E-state index in [1.165, 1.54) is 18.4 Å². The fourth-order valence-electron chi connectivity index (χ4n) is 4.77. The summed E-state index contributed by atoms with van der Waals surface area (Å²) in [6.45, 7) is 12.7. The zero-order valence-corrected chi connectivity index (χ0v) is 20.5. The molecular weight excluding hydrogens is 427 g/mol. The van der Waals surface area contributed by atoms with Crippen molar-refractivity contribution in [2.24, 2.45) is 5.73 Å². The average molecular weight is 463 g/mol. The lowest BCUT2D eigenvalue weighted by atomic mass is 9.99. The third-order valence-corrected chi connectivity index (χ3v) is 7.06. The molecule has 3 rings (SSSR count).